The minimum absolute atomic E-state index is 0.137. The van der Waals surface area contributed by atoms with Crippen LogP contribution in [0.5, 0.6) is 0 Å². The van der Waals surface area contributed by atoms with E-state index in [2.05, 4.69) is 20.8 Å². The van der Waals surface area contributed by atoms with Crippen LogP contribution in [0.25, 0.3) is 0 Å². The molecule has 0 spiro atoms. The van der Waals surface area contributed by atoms with Crippen molar-refractivity contribution in [3.8, 4) is 0 Å². The predicted molar refractivity (Wildman–Crippen MR) is 55.9 cm³/mol. The zero-order valence-electron chi connectivity index (χ0n) is 9.67. The molecule has 82 valence electrons. The molecule has 0 aromatic carbocycles. The molecule has 2 nitrogen and oxygen atoms in total. The first-order valence-corrected chi connectivity index (χ1v) is 5.64. The molecule has 4 atom stereocenters. The lowest BCUT2D eigenvalue weighted by Crippen LogP contribution is -2.61. The lowest BCUT2D eigenvalue weighted by Gasteiger charge is -2.56. The van der Waals surface area contributed by atoms with E-state index < -0.39 is 11.7 Å². The first-order valence-electron chi connectivity index (χ1n) is 5.64. The van der Waals surface area contributed by atoms with E-state index in [1.54, 1.807) is 6.92 Å². The second-order valence-corrected chi connectivity index (χ2v) is 6.19. The summed E-state index contributed by atoms with van der Waals surface area (Å²) >= 11 is 0. The molecule has 0 heterocycles. The highest BCUT2D eigenvalue weighted by atomic mass is 16.3. The van der Waals surface area contributed by atoms with Gasteiger partial charge >= 0.3 is 0 Å². The summed E-state index contributed by atoms with van der Waals surface area (Å²) < 4.78 is 0. The third-order valence-corrected chi connectivity index (χ3v) is 5.71. The van der Waals surface area contributed by atoms with Gasteiger partial charge in [0.1, 0.15) is 0 Å². The summed E-state index contributed by atoms with van der Waals surface area (Å²) in [5, 5.41) is 20.4. The van der Waals surface area contributed by atoms with Gasteiger partial charge in [0.15, 0.2) is 0 Å². The average molecular weight is 198 g/mol. The summed E-state index contributed by atoms with van der Waals surface area (Å²) in [6.45, 7) is 8.42. The van der Waals surface area contributed by atoms with Crippen LogP contribution < -0.4 is 0 Å². The normalized spacial score (nSPS) is 56.1. The Morgan fingerprint density at radius 3 is 2.29 bits per heavy atom. The van der Waals surface area contributed by atoms with Gasteiger partial charge in [-0.25, -0.2) is 0 Å². The van der Waals surface area contributed by atoms with E-state index in [0.29, 0.717) is 5.92 Å². The Morgan fingerprint density at radius 2 is 1.71 bits per heavy atom. The van der Waals surface area contributed by atoms with E-state index >= 15 is 0 Å². The number of hydrogen-bond acceptors (Lipinski definition) is 2. The summed E-state index contributed by atoms with van der Waals surface area (Å²) in [6.07, 6.45) is 2.40. The van der Waals surface area contributed by atoms with Gasteiger partial charge < -0.3 is 10.2 Å². The predicted octanol–water partition coefficient (Wildman–Crippen LogP) is 1.94. The molecule has 0 unspecified atom stereocenters. The zero-order chi connectivity index (χ0) is 10.8. The van der Waals surface area contributed by atoms with Crippen molar-refractivity contribution in [1.82, 2.24) is 0 Å². The molecule has 2 saturated carbocycles. The van der Waals surface area contributed by atoms with E-state index in [0.717, 1.165) is 19.3 Å². The first-order chi connectivity index (χ1) is 6.23. The zero-order valence-corrected chi connectivity index (χ0v) is 9.67. The van der Waals surface area contributed by atoms with Gasteiger partial charge in [0, 0.05) is 5.41 Å². The van der Waals surface area contributed by atoms with Crippen LogP contribution in [0.15, 0.2) is 0 Å². The molecule has 2 aliphatic carbocycles. The minimum atomic E-state index is -0.927. The fourth-order valence-electron chi connectivity index (χ4n) is 3.78. The third-order valence-electron chi connectivity index (χ3n) is 5.71. The summed E-state index contributed by atoms with van der Waals surface area (Å²) in [6, 6.07) is 0. The van der Waals surface area contributed by atoms with Crippen molar-refractivity contribution in [2.45, 2.75) is 58.7 Å². The molecule has 2 aliphatic rings. The highest BCUT2D eigenvalue weighted by Crippen LogP contribution is 2.66. The Bertz CT molecular complexity index is 257. The molecule has 2 heteroatoms. The lowest BCUT2D eigenvalue weighted by molar-refractivity contribution is -0.209. The number of rotatable bonds is 0. The Kier molecular flexibility index (Phi) is 1.89. The third kappa shape index (κ3) is 0.892. The number of aliphatic hydroxyl groups is 2. The number of aliphatic hydroxyl groups excluding tert-OH is 1. The fourth-order valence-corrected chi connectivity index (χ4v) is 3.78. The molecule has 0 aromatic rings. The van der Waals surface area contributed by atoms with Crippen molar-refractivity contribution in [2.75, 3.05) is 0 Å². The highest BCUT2D eigenvalue weighted by molar-refractivity contribution is 5.15. The van der Waals surface area contributed by atoms with Crippen molar-refractivity contribution in [1.29, 1.82) is 0 Å². The summed E-state index contributed by atoms with van der Waals surface area (Å²) in [4.78, 5) is 0. The quantitative estimate of drug-likeness (QED) is 0.624. The van der Waals surface area contributed by atoms with Crippen LogP contribution >= 0.6 is 0 Å². The molecular weight excluding hydrogens is 176 g/mol. The van der Waals surface area contributed by atoms with Crippen molar-refractivity contribution >= 4 is 0 Å². The second-order valence-electron chi connectivity index (χ2n) is 6.19. The van der Waals surface area contributed by atoms with Crippen molar-refractivity contribution in [3.63, 3.8) is 0 Å². The molecular formula is C12H22O2. The Labute approximate surface area is 86.3 Å². The fraction of sp³-hybridized carbons (Fsp3) is 1.00. The Hall–Kier alpha value is -0.0800. The molecule has 0 saturated heterocycles. The Balaban J connectivity index is 2.49. The number of fused-ring (bicyclic) bond motifs is 2. The van der Waals surface area contributed by atoms with Crippen LogP contribution in [0.1, 0.15) is 47.0 Å². The van der Waals surface area contributed by atoms with E-state index in [4.69, 9.17) is 0 Å². The monoisotopic (exact) mass is 198 g/mol. The SMILES string of the molecule is CC1(C)[C@@H]2CC[C@@]1(C)[C@](C)(O)[C@H](O)C2. The molecule has 2 fully saturated rings. The van der Waals surface area contributed by atoms with Gasteiger partial charge in [-0.1, -0.05) is 20.8 Å². The number of hydrogen-bond donors (Lipinski definition) is 2. The van der Waals surface area contributed by atoms with Gasteiger partial charge in [0.2, 0.25) is 0 Å². The van der Waals surface area contributed by atoms with Crippen molar-refractivity contribution in [3.05, 3.63) is 0 Å². The topological polar surface area (TPSA) is 40.5 Å². The van der Waals surface area contributed by atoms with Gasteiger partial charge in [-0.2, -0.15) is 0 Å². The van der Waals surface area contributed by atoms with Gasteiger partial charge in [0.05, 0.1) is 11.7 Å². The van der Waals surface area contributed by atoms with Gasteiger partial charge in [-0.15, -0.1) is 0 Å². The van der Waals surface area contributed by atoms with E-state index in [-0.39, 0.29) is 10.8 Å². The largest absolute Gasteiger partial charge is 0.390 e. The lowest BCUT2D eigenvalue weighted by atomic mass is 9.52. The van der Waals surface area contributed by atoms with Gasteiger partial charge in [-0.05, 0) is 37.5 Å². The maximum absolute atomic E-state index is 10.5. The molecule has 0 radical (unpaired) electrons. The Morgan fingerprint density at radius 1 is 1.14 bits per heavy atom. The second kappa shape index (κ2) is 2.53. The standard InChI is InChI=1S/C12H22O2/c1-10(2)8-5-6-11(10,3)12(4,14)9(13)7-8/h8-9,13-14H,5-7H2,1-4H3/t8-,9-,11-,12-/m1/s1. The smallest absolute Gasteiger partial charge is 0.0935 e. The van der Waals surface area contributed by atoms with Gasteiger partial charge in [0.25, 0.3) is 0 Å². The average Bonchev–Trinajstić information content (AvgIpc) is 2.23. The summed E-state index contributed by atoms with van der Waals surface area (Å²) in [5.41, 5.74) is -0.915. The van der Waals surface area contributed by atoms with Crippen LogP contribution in [-0.4, -0.2) is 21.9 Å². The van der Waals surface area contributed by atoms with Crippen LogP contribution in [-0.2, 0) is 0 Å². The molecule has 0 aliphatic heterocycles. The molecule has 2 N–H and O–H groups in total. The van der Waals surface area contributed by atoms with Crippen molar-refractivity contribution in [2.24, 2.45) is 16.7 Å². The van der Waals surface area contributed by atoms with Crippen LogP contribution in [0.3, 0.4) is 0 Å². The van der Waals surface area contributed by atoms with Crippen molar-refractivity contribution < 1.29 is 10.2 Å². The van der Waals surface area contributed by atoms with E-state index in [1.165, 1.54) is 0 Å². The first kappa shape index (κ1) is 10.4. The van der Waals surface area contributed by atoms with E-state index in [1.807, 2.05) is 0 Å². The van der Waals surface area contributed by atoms with E-state index in [9.17, 15) is 10.2 Å². The molecule has 2 rings (SSSR count). The molecule has 2 bridgehead atoms. The molecule has 14 heavy (non-hydrogen) atoms. The summed E-state index contributed by atoms with van der Waals surface area (Å²) in [5.74, 6) is 0.572. The molecule has 0 amide bonds. The minimum Gasteiger partial charge on any atom is -0.390 e. The molecule has 0 aromatic heterocycles. The van der Waals surface area contributed by atoms with Crippen LogP contribution in [0, 0.1) is 16.7 Å². The van der Waals surface area contributed by atoms with Crippen LogP contribution in [0.2, 0.25) is 0 Å². The summed E-state index contributed by atoms with van der Waals surface area (Å²) in [7, 11) is 0. The highest BCUT2D eigenvalue weighted by Gasteiger charge is 2.65. The van der Waals surface area contributed by atoms with Gasteiger partial charge in [-0.3, -0.25) is 0 Å². The maximum atomic E-state index is 10.5. The maximum Gasteiger partial charge on any atom is 0.0935 e. The van der Waals surface area contributed by atoms with Crippen LogP contribution in [0.4, 0.5) is 0 Å².